The molecule has 0 bridgehead atoms. The van der Waals surface area contributed by atoms with E-state index >= 15 is 0 Å². The van der Waals surface area contributed by atoms with Crippen LogP contribution in [0.15, 0.2) is 22.8 Å². The Bertz CT molecular complexity index is 747. The van der Waals surface area contributed by atoms with Crippen molar-refractivity contribution in [2.75, 3.05) is 0 Å². The Morgan fingerprint density at radius 1 is 1.25 bits per heavy atom. The third-order valence-electron chi connectivity index (χ3n) is 6.75. The van der Waals surface area contributed by atoms with Gasteiger partial charge in [0.25, 0.3) is 0 Å². The number of carbonyl (C=O) groups excluding carboxylic acids is 1. The minimum absolute atomic E-state index is 0.161. The van der Waals surface area contributed by atoms with Crippen LogP contribution in [0.5, 0.6) is 0 Å². The van der Waals surface area contributed by atoms with Gasteiger partial charge in [-0.1, -0.05) is 29.7 Å². The molecule has 0 saturated heterocycles. The van der Waals surface area contributed by atoms with E-state index in [4.69, 9.17) is 8.74 Å². The van der Waals surface area contributed by atoms with Gasteiger partial charge in [-0.15, -0.1) is 0 Å². The van der Waals surface area contributed by atoms with Gasteiger partial charge in [0.2, 0.25) is 0 Å². The Morgan fingerprint density at radius 3 is 2.79 bits per heavy atom. The summed E-state index contributed by atoms with van der Waals surface area (Å²) in [6.45, 7) is 2.14. The molecule has 1 N–H and O–H groups in total. The van der Waals surface area contributed by atoms with E-state index in [1.165, 1.54) is 16.7 Å². The van der Waals surface area contributed by atoms with Crippen molar-refractivity contribution in [1.82, 2.24) is 0 Å². The van der Waals surface area contributed by atoms with Crippen molar-refractivity contribution in [2.24, 2.45) is 17.3 Å². The molecule has 2 unspecified atom stereocenters. The standard InChI is InChI=1S/C18H24O5S/c1-18-9-8-14-13-5-3-12(23-24(20,21)22)10-11(13)2-4-15(14)16(18)6-7-17(18)19/h4,12,14,16H,2-3,5-10H2,1H3,(H,20,21,22)/t12-,14?,16?,18+/m1/s1. The van der Waals surface area contributed by atoms with Crippen LogP contribution in [0.25, 0.3) is 0 Å². The first kappa shape index (κ1) is 16.5. The maximum absolute atomic E-state index is 12.3. The molecule has 6 heteroatoms. The maximum atomic E-state index is 12.3. The fourth-order valence-corrected chi connectivity index (χ4v) is 6.08. The summed E-state index contributed by atoms with van der Waals surface area (Å²) in [5.41, 5.74) is 4.02. The normalized spacial score (nSPS) is 39.2. The number of fused-ring (bicyclic) bond motifs is 4. The van der Waals surface area contributed by atoms with Gasteiger partial charge < -0.3 is 0 Å². The van der Waals surface area contributed by atoms with Crippen LogP contribution in [-0.2, 0) is 19.4 Å². The van der Waals surface area contributed by atoms with Crippen LogP contribution in [0, 0.1) is 17.3 Å². The van der Waals surface area contributed by atoms with Gasteiger partial charge in [0.05, 0.1) is 6.10 Å². The number of ketones is 1. The predicted molar refractivity (Wildman–Crippen MR) is 88.6 cm³/mol. The van der Waals surface area contributed by atoms with Gasteiger partial charge in [-0.05, 0) is 50.9 Å². The molecule has 2 saturated carbocycles. The summed E-state index contributed by atoms with van der Waals surface area (Å²) in [6.07, 6.45) is 8.38. The summed E-state index contributed by atoms with van der Waals surface area (Å²) in [6, 6.07) is 0. The summed E-state index contributed by atoms with van der Waals surface area (Å²) in [5, 5.41) is 0. The summed E-state index contributed by atoms with van der Waals surface area (Å²) in [7, 11) is -4.39. The molecule has 4 aliphatic carbocycles. The number of allylic oxidation sites excluding steroid dienone is 3. The molecular formula is C18H24O5S. The van der Waals surface area contributed by atoms with Gasteiger partial charge in [-0.3, -0.25) is 9.35 Å². The first-order valence-corrected chi connectivity index (χ1v) is 10.2. The van der Waals surface area contributed by atoms with E-state index in [0.717, 1.165) is 32.1 Å². The molecule has 0 amide bonds. The number of hydrogen-bond donors (Lipinski definition) is 1. The number of Topliss-reactive ketones (excluding diaryl/α,β-unsaturated/α-hetero) is 1. The Morgan fingerprint density at radius 2 is 2.04 bits per heavy atom. The van der Waals surface area contributed by atoms with Crippen molar-refractivity contribution in [1.29, 1.82) is 0 Å². The van der Waals surface area contributed by atoms with E-state index < -0.39 is 16.5 Å². The highest BCUT2D eigenvalue weighted by atomic mass is 32.3. The van der Waals surface area contributed by atoms with Gasteiger partial charge in [-0.2, -0.15) is 8.42 Å². The molecule has 0 aliphatic heterocycles. The monoisotopic (exact) mass is 352 g/mol. The maximum Gasteiger partial charge on any atom is 0.397 e. The minimum Gasteiger partial charge on any atom is -0.299 e. The van der Waals surface area contributed by atoms with E-state index in [2.05, 4.69) is 13.0 Å². The molecule has 0 aromatic heterocycles. The van der Waals surface area contributed by atoms with Crippen LogP contribution in [-0.4, -0.2) is 24.9 Å². The van der Waals surface area contributed by atoms with Crippen LogP contribution in [0.4, 0.5) is 0 Å². The van der Waals surface area contributed by atoms with Crippen molar-refractivity contribution in [3.63, 3.8) is 0 Å². The predicted octanol–water partition coefficient (Wildman–Crippen LogP) is 3.38. The average molecular weight is 352 g/mol. The van der Waals surface area contributed by atoms with Crippen molar-refractivity contribution >= 4 is 16.2 Å². The largest absolute Gasteiger partial charge is 0.397 e. The third-order valence-corrected chi connectivity index (χ3v) is 7.26. The quantitative estimate of drug-likeness (QED) is 0.609. The summed E-state index contributed by atoms with van der Waals surface area (Å²) < 4.78 is 35.6. The number of hydrogen-bond acceptors (Lipinski definition) is 4. The minimum atomic E-state index is -4.39. The van der Waals surface area contributed by atoms with Crippen molar-refractivity contribution in [3.05, 3.63) is 22.8 Å². The highest BCUT2D eigenvalue weighted by Crippen LogP contribution is 2.58. The smallest absolute Gasteiger partial charge is 0.299 e. The van der Waals surface area contributed by atoms with Crippen LogP contribution in [0.2, 0.25) is 0 Å². The van der Waals surface area contributed by atoms with E-state index in [-0.39, 0.29) is 5.41 Å². The highest BCUT2D eigenvalue weighted by molar-refractivity contribution is 7.80. The molecule has 132 valence electrons. The SMILES string of the molecule is C[C@]12CCC3C(=CCC4=C3CC[C@@H](OS(=O)(=O)O)C4)C1CCC2=O. The second kappa shape index (κ2) is 5.51. The second-order valence-corrected chi connectivity index (χ2v) is 9.00. The summed E-state index contributed by atoms with van der Waals surface area (Å²) in [4.78, 5) is 12.3. The average Bonchev–Trinajstić information content (AvgIpc) is 2.81. The van der Waals surface area contributed by atoms with Gasteiger partial charge in [0.15, 0.2) is 0 Å². The van der Waals surface area contributed by atoms with E-state index in [0.29, 0.717) is 36.9 Å². The highest BCUT2D eigenvalue weighted by Gasteiger charge is 2.52. The molecule has 0 heterocycles. The van der Waals surface area contributed by atoms with E-state index in [9.17, 15) is 13.2 Å². The second-order valence-electron chi connectivity index (χ2n) is 7.95. The molecule has 4 aliphatic rings. The van der Waals surface area contributed by atoms with Gasteiger partial charge >= 0.3 is 10.4 Å². The van der Waals surface area contributed by atoms with E-state index in [1.54, 1.807) is 0 Å². The molecule has 4 atom stereocenters. The fourth-order valence-electron chi connectivity index (χ4n) is 5.57. The Balaban J connectivity index is 1.56. The van der Waals surface area contributed by atoms with E-state index in [1.807, 2.05) is 0 Å². The Labute approximate surface area is 143 Å². The topological polar surface area (TPSA) is 80.7 Å². The lowest BCUT2D eigenvalue weighted by molar-refractivity contribution is -0.127. The van der Waals surface area contributed by atoms with Crippen LogP contribution >= 0.6 is 0 Å². The zero-order valence-electron chi connectivity index (χ0n) is 14.0. The van der Waals surface area contributed by atoms with Gasteiger partial charge in [0, 0.05) is 17.8 Å². The van der Waals surface area contributed by atoms with Crippen LogP contribution in [0.1, 0.15) is 58.3 Å². The molecule has 5 nitrogen and oxygen atoms in total. The first-order chi connectivity index (χ1) is 11.3. The molecule has 24 heavy (non-hydrogen) atoms. The number of rotatable bonds is 2. The third kappa shape index (κ3) is 2.59. The number of carbonyl (C=O) groups is 1. The molecule has 0 aromatic carbocycles. The zero-order valence-corrected chi connectivity index (χ0v) is 14.8. The van der Waals surface area contributed by atoms with Gasteiger partial charge in [0.1, 0.15) is 5.78 Å². The summed E-state index contributed by atoms with van der Waals surface area (Å²) in [5.74, 6) is 1.26. The molecular weight excluding hydrogens is 328 g/mol. The lowest BCUT2D eigenvalue weighted by Crippen LogP contribution is -2.39. The lowest BCUT2D eigenvalue weighted by Gasteiger charge is -2.45. The van der Waals surface area contributed by atoms with Crippen molar-refractivity contribution in [3.8, 4) is 0 Å². The molecule has 0 spiro atoms. The Hall–Kier alpha value is -0.980. The molecule has 0 aromatic rings. The Kier molecular flexibility index (Phi) is 3.79. The van der Waals surface area contributed by atoms with Crippen molar-refractivity contribution < 1.29 is 21.9 Å². The molecule has 2 fully saturated rings. The molecule has 0 radical (unpaired) electrons. The molecule has 4 rings (SSSR count). The van der Waals surface area contributed by atoms with Crippen molar-refractivity contribution in [2.45, 2.75) is 64.4 Å². The van der Waals surface area contributed by atoms with Gasteiger partial charge in [-0.25, -0.2) is 4.18 Å². The fraction of sp³-hybridized carbons (Fsp3) is 0.722. The lowest BCUT2D eigenvalue weighted by atomic mass is 9.58. The van der Waals surface area contributed by atoms with Crippen LogP contribution in [0.3, 0.4) is 0 Å². The summed E-state index contributed by atoms with van der Waals surface area (Å²) >= 11 is 0. The zero-order chi connectivity index (χ0) is 17.1. The van der Waals surface area contributed by atoms with Crippen LogP contribution < -0.4 is 0 Å². The first-order valence-electron chi connectivity index (χ1n) is 8.87.